The normalized spacial score (nSPS) is 15.6. The zero-order chi connectivity index (χ0) is 20.0. The van der Waals surface area contributed by atoms with Gasteiger partial charge in [-0.15, -0.1) is 0 Å². The second-order valence-corrected chi connectivity index (χ2v) is 6.45. The molecule has 3 amide bonds. The van der Waals surface area contributed by atoms with E-state index in [2.05, 4.69) is 5.32 Å². The molecule has 1 fully saturated rings. The highest BCUT2D eigenvalue weighted by Crippen LogP contribution is 2.32. The zero-order valence-corrected chi connectivity index (χ0v) is 16.3. The molecule has 0 bridgehead atoms. The maximum Gasteiger partial charge on any atom is 0.409 e. The highest BCUT2D eigenvalue weighted by atomic mass is 16.6. The van der Waals surface area contributed by atoms with Crippen LogP contribution in [0.2, 0.25) is 0 Å². The first-order valence-corrected chi connectivity index (χ1v) is 8.96. The Kier molecular flexibility index (Phi) is 6.65. The molecule has 0 spiro atoms. The molecule has 1 aliphatic heterocycles. The van der Waals surface area contributed by atoms with Gasteiger partial charge in [-0.05, 0) is 31.9 Å². The molecule has 0 radical (unpaired) electrons. The lowest BCUT2D eigenvalue weighted by atomic mass is 9.84. The number of anilines is 1. The summed E-state index contributed by atoms with van der Waals surface area (Å²) in [5.74, 6) is 0.0263. The summed E-state index contributed by atoms with van der Waals surface area (Å²) in [6.07, 6.45) is 0.243. The topological polar surface area (TPSA) is 88.2 Å². The van der Waals surface area contributed by atoms with E-state index in [-0.39, 0.29) is 11.8 Å². The highest BCUT2D eigenvalue weighted by Gasteiger charge is 2.47. The molecule has 0 unspecified atom stereocenters. The van der Waals surface area contributed by atoms with Gasteiger partial charge in [0.05, 0.1) is 19.4 Å². The Hall–Kier alpha value is -2.77. The summed E-state index contributed by atoms with van der Waals surface area (Å²) in [7, 11) is 3.14. The van der Waals surface area contributed by atoms with Crippen LogP contribution in [-0.2, 0) is 14.3 Å². The molecule has 1 aromatic carbocycles. The van der Waals surface area contributed by atoms with Crippen LogP contribution in [0.15, 0.2) is 24.3 Å². The maximum absolute atomic E-state index is 13.2. The summed E-state index contributed by atoms with van der Waals surface area (Å²) >= 11 is 0. The molecule has 1 aromatic rings. The Morgan fingerprint density at radius 3 is 2.41 bits per heavy atom. The number of hydrogen-bond acceptors (Lipinski definition) is 5. The van der Waals surface area contributed by atoms with E-state index in [4.69, 9.17) is 9.47 Å². The predicted octanol–water partition coefficient (Wildman–Crippen LogP) is 2.10. The van der Waals surface area contributed by atoms with E-state index in [0.29, 0.717) is 44.0 Å². The van der Waals surface area contributed by atoms with Crippen molar-refractivity contribution in [3.05, 3.63) is 24.3 Å². The fourth-order valence-electron chi connectivity index (χ4n) is 3.28. The average molecular weight is 377 g/mol. The number of hydrogen-bond donors (Lipinski definition) is 1. The fraction of sp³-hybridized carbons (Fsp3) is 0.526. The summed E-state index contributed by atoms with van der Waals surface area (Å²) in [5.41, 5.74) is -0.510. The highest BCUT2D eigenvalue weighted by molar-refractivity contribution is 6.01. The van der Waals surface area contributed by atoms with Gasteiger partial charge in [0.25, 0.3) is 5.91 Å². The molecule has 0 saturated carbocycles. The molecule has 8 heteroatoms. The van der Waals surface area contributed by atoms with E-state index >= 15 is 0 Å². The Bertz CT molecular complexity index is 698. The lowest BCUT2D eigenvalue weighted by Crippen LogP contribution is -2.62. The summed E-state index contributed by atoms with van der Waals surface area (Å²) in [6, 6.07) is 7.10. The number of nitrogens with zero attached hydrogens (tertiary/aromatic N) is 2. The maximum atomic E-state index is 13.2. The van der Waals surface area contributed by atoms with E-state index in [0.717, 1.165) is 0 Å². The van der Waals surface area contributed by atoms with E-state index < -0.39 is 11.6 Å². The molecule has 0 atom stereocenters. The molecule has 0 aliphatic carbocycles. The van der Waals surface area contributed by atoms with Gasteiger partial charge in [0.2, 0.25) is 5.91 Å². The van der Waals surface area contributed by atoms with Gasteiger partial charge in [0, 0.05) is 27.1 Å². The van der Waals surface area contributed by atoms with Gasteiger partial charge in [0.1, 0.15) is 11.3 Å². The van der Waals surface area contributed by atoms with Gasteiger partial charge in [-0.25, -0.2) is 4.79 Å². The first-order chi connectivity index (χ1) is 12.9. The van der Waals surface area contributed by atoms with Crippen LogP contribution in [0.5, 0.6) is 5.75 Å². The van der Waals surface area contributed by atoms with Crippen molar-refractivity contribution in [2.24, 2.45) is 0 Å². The minimum absolute atomic E-state index is 0.213. The molecule has 8 nitrogen and oxygen atoms in total. The average Bonchev–Trinajstić information content (AvgIpc) is 2.67. The van der Waals surface area contributed by atoms with Gasteiger partial charge in [-0.1, -0.05) is 12.1 Å². The quantitative estimate of drug-likeness (QED) is 0.849. The number of likely N-dealkylation sites (tertiary alicyclic amines) is 1. The third-order valence-corrected chi connectivity index (χ3v) is 5.01. The molecule has 2 rings (SSSR count). The Morgan fingerprint density at radius 1 is 1.22 bits per heavy atom. The Balaban J connectivity index is 2.23. The van der Waals surface area contributed by atoms with Crippen molar-refractivity contribution < 1.29 is 23.9 Å². The summed E-state index contributed by atoms with van der Waals surface area (Å²) < 4.78 is 10.3. The van der Waals surface area contributed by atoms with Crippen molar-refractivity contribution in [3.8, 4) is 5.75 Å². The van der Waals surface area contributed by atoms with Gasteiger partial charge in [-0.3, -0.25) is 9.59 Å². The van der Waals surface area contributed by atoms with Crippen LogP contribution >= 0.6 is 0 Å². The van der Waals surface area contributed by atoms with E-state index in [9.17, 15) is 14.4 Å². The largest absolute Gasteiger partial charge is 0.495 e. The molecule has 0 aromatic heterocycles. The number of likely N-dealkylation sites (N-methyl/N-ethyl adjacent to an activating group) is 1. The summed E-state index contributed by atoms with van der Waals surface area (Å²) in [6.45, 7) is 4.12. The number of para-hydroxylation sites is 2. The van der Waals surface area contributed by atoms with Gasteiger partial charge < -0.3 is 24.6 Å². The van der Waals surface area contributed by atoms with Gasteiger partial charge in [-0.2, -0.15) is 0 Å². The molecule has 1 aliphatic rings. The number of amides is 3. The van der Waals surface area contributed by atoms with Crippen molar-refractivity contribution >= 4 is 23.6 Å². The van der Waals surface area contributed by atoms with Crippen molar-refractivity contribution in [1.82, 2.24) is 9.80 Å². The number of benzene rings is 1. The number of methoxy groups -OCH3 is 1. The number of rotatable bonds is 5. The SMILES string of the molecule is CCOC(=O)N1CCC(C(=O)Nc2ccccc2OC)(N(C)C(C)=O)CC1. The van der Waals surface area contributed by atoms with Crippen LogP contribution in [0.4, 0.5) is 10.5 Å². The van der Waals surface area contributed by atoms with Crippen LogP contribution in [0.3, 0.4) is 0 Å². The third kappa shape index (κ3) is 4.32. The lowest BCUT2D eigenvalue weighted by molar-refractivity contribution is -0.144. The van der Waals surface area contributed by atoms with Crippen LogP contribution in [-0.4, -0.2) is 67.1 Å². The van der Waals surface area contributed by atoms with Crippen LogP contribution < -0.4 is 10.1 Å². The van der Waals surface area contributed by atoms with Crippen molar-refractivity contribution in [3.63, 3.8) is 0 Å². The Morgan fingerprint density at radius 2 is 1.85 bits per heavy atom. The van der Waals surface area contributed by atoms with Gasteiger partial charge >= 0.3 is 6.09 Å². The molecule has 148 valence electrons. The fourth-order valence-corrected chi connectivity index (χ4v) is 3.28. The first-order valence-electron chi connectivity index (χ1n) is 8.96. The third-order valence-electron chi connectivity index (χ3n) is 5.01. The number of ether oxygens (including phenoxy) is 2. The summed E-state index contributed by atoms with van der Waals surface area (Å²) in [5, 5.41) is 2.88. The van der Waals surface area contributed by atoms with Crippen LogP contribution in [0.1, 0.15) is 26.7 Å². The monoisotopic (exact) mass is 377 g/mol. The van der Waals surface area contributed by atoms with E-state index in [1.807, 2.05) is 6.07 Å². The molecule has 1 N–H and O–H groups in total. The molecule has 27 heavy (non-hydrogen) atoms. The van der Waals surface area contributed by atoms with Crippen LogP contribution in [0, 0.1) is 0 Å². The van der Waals surface area contributed by atoms with E-state index in [1.165, 1.54) is 18.9 Å². The second-order valence-electron chi connectivity index (χ2n) is 6.45. The molecule has 1 saturated heterocycles. The number of carbonyl (C=O) groups excluding carboxylic acids is 3. The molecular formula is C19H27N3O5. The molecular weight excluding hydrogens is 350 g/mol. The summed E-state index contributed by atoms with van der Waals surface area (Å²) in [4.78, 5) is 40.3. The zero-order valence-electron chi connectivity index (χ0n) is 16.3. The molecule has 1 heterocycles. The van der Waals surface area contributed by atoms with Gasteiger partial charge in [0.15, 0.2) is 0 Å². The number of piperidine rings is 1. The van der Waals surface area contributed by atoms with Crippen LogP contribution in [0.25, 0.3) is 0 Å². The van der Waals surface area contributed by atoms with E-state index in [1.54, 1.807) is 37.1 Å². The van der Waals surface area contributed by atoms with Crippen molar-refractivity contribution in [1.29, 1.82) is 0 Å². The second kappa shape index (κ2) is 8.75. The predicted molar refractivity (Wildman–Crippen MR) is 101 cm³/mol. The van der Waals surface area contributed by atoms with Crippen molar-refractivity contribution in [2.75, 3.05) is 39.2 Å². The number of carbonyl (C=O) groups is 3. The number of nitrogens with one attached hydrogen (secondary N) is 1. The first kappa shape index (κ1) is 20.5. The Labute approximate surface area is 159 Å². The minimum atomic E-state index is -1.05. The standard InChI is InChI=1S/C19H27N3O5/c1-5-27-18(25)22-12-10-19(11-13-22,21(3)14(2)23)17(24)20-15-8-6-7-9-16(15)26-4/h6-9H,5,10-13H2,1-4H3,(H,20,24). The minimum Gasteiger partial charge on any atom is -0.495 e. The lowest BCUT2D eigenvalue weighted by Gasteiger charge is -2.45. The van der Waals surface area contributed by atoms with Crippen molar-refractivity contribution in [2.45, 2.75) is 32.2 Å². The smallest absolute Gasteiger partial charge is 0.409 e.